The van der Waals surface area contributed by atoms with Gasteiger partial charge >= 0.3 is 0 Å². The third-order valence-electron chi connectivity index (χ3n) is 5.26. The van der Waals surface area contributed by atoms with Crippen molar-refractivity contribution in [3.8, 4) is 22.9 Å². The summed E-state index contributed by atoms with van der Waals surface area (Å²) < 4.78 is 11.9. The maximum atomic E-state index is 13.2. The number of nitrogen functional groups attached to an aromatic ring is 1. The van der Waals surface area contributed by atoms with Crippen LogP contribution in [0.1, 0.15) is 13.3 Å². The minimum atomic E-state index is -0.292. The molecule has 2 amide bonds. The summed E-state index contributed by atoms with van der Waals surface area (Å²) in [7, 11) is 3.11. The fourth-order valence-electron chi connectivity index (χ4n) is 3.71. The van der Waals surface area contributed by atoms with E-state index < -0.39 is 0 Å². The number of rotatable bonds is 6. The summed E-state index contributed by atoms with van der Waals surface area (Å²) in [6.07, 6.45) is 0.210. The van der Waals surface area contributed by atoms with Gasteiger partial charge in [-0.05, 0) is 37.3 Å². The van der Waals surface area contributed by atoms with E-state index in [-0.39, 0.29) is 30.0 Å². The van der Waals surface area contributed by atoms with Gasteiger partial charge in [-0.25, -0.2) is 4.68 Å². The molecule has 0 radical (unpaired) electrons. The smallest absolute Gasteiger partial charge is 0.237 e. The lowest BCUT2D eigenvalue weighted by Gasteiger charge is -2.27. The number of hydrogen-bond donors (Lipinski definition) is 2. The van der Waals surface area contributed by atoms with Crippen molar-refractivity contribution >= 4 is 35.0 Å². The SMILES string of the molecule is COc1ccc(-c2nnc(SCC(=O)N3c4ccccc4NC(=O)C[C@@H]3C)n2N)cc1OC. The van der Waals surface area contributed by atoms with Crippen LogP contribution in [-0.2, 0) is 9.59 Å². The van der Waals surface area contributed by atoms with Crippen molar-refractivity contribution < 1.29 is 19.1 Å². The molecule has 1 aromatic heterocycles. The summed E-state index contributed by atoms with van der Waals surface area (Å²) in [5.74, 6) is 7.57. The van der Waals surface area contributed by atoms with E-state index in [9.17, 15) is 9.59 Å². The van der Waals surface area contributed by atoms with Crippen LogP contribution in [0.4, 0.5) is 11.4 Å². The number of methoxy groups -OCH3 is 2. The summed E-state index contributed by atoms with van der Waals surface area (Å²) in [6.45, 7) is 1.85. The predicted molar refractivity (Wildman–Crippen MR) is 126 cm³/mol. The number of nitrogens with one attached hydrogen (secondary N) is 1. The minimum Gasteiger partial charge on any atom is -0.493 e. The zero-order valence-corrected chi connectivity index (χ0v) is 19.3. The molecule has 0 saturated carbocycles. The van der Waals surface area contributed by atoms with E-state index in [2.05, 4.69) is 15.5 Å². The normalized spacial score (nSPS) is 15.4. The standard InChI is InChI=1S/C22H24N6O4S/c1-13-10-19(29)24-15-6-4-5-7-16(15)27(13)20(30)12-33-22-26-25-21(28(22)23)14-8-9-17(31-2)18(11-14)32-3/h4-9,11,13H,10,12,23H2,1-3H3,(H,24,29)/t13-/m0/s1. The van der Waals surface area contributed by atoms with Crippen molar-refractivity contribution in [2.75, 3.05) is 36.0 Å². The van der Waals surface area contributed by atoms with E-state index in [1.165, 1.54) is 16.4 Å². The average Bonchev–Trinajstić information content (AvgIpc) is 3.11. The van der Waals surface area contributed by atoms with Crippen LogP contribution >= 0.6 is 11.8 Å². The largest absolute Gasteiger partial charge is 0.493 e. The molecule has 1 aliphatic heterocycles. The highest BCUT2D eigenvalue weighted by atomic mass is 32.2. The monoisotopic (exact) mass is 468 g/mol. The average molecular weight is 469 g/mol. The van der Waals surface area contributed by atoms with Crippen LogP contribution in [0.5, 0.6) is 11.5 Å². The molecular weight excluding hydrogens is 444 g/mol. The Kier molecular flexibility index (Phi) is 6.40. The molecule has 0 saturated heterocycles. The lowest BCUT2D eigenvalue weighted by Crippen LogP contribution is -2.40. The van der Waals surface area contributed by atoms with Crippen molar-refractivity contribution in [1.82, 2.24) is 14.9 Å². The summed E-state index contributed by atoms with van der Waals surface area (Å²) in [5, 5.41) is 11.6. The van der Waals surface area contributed by atoms with Crippen molar-refractivity contribution in [1.29, 1.82) is 0 Å². The molecule has 33 heavy (non-hydrogen) atoms. The Morgan fingerprint density at radius 3 is 2.70 bits per heavy atom. The number of amides is 2. The highest BCUT2D eigenvalue weighted by Crippen LogP contribution is 2.34. The maximum absolute atomic E-state index is 13.2. The number of carbonyl (C=O) groups excluding carboxylic acids is 2. The van der Waals surface area contributed by atoms with Gasteiger partial charge in [-0.3, -0.25) is 9.59 Å². The highest BCUT2D eigenvalue weighted by Gasteiger charge is 2.29. The summed E-state index contributed by atoms with van der Waals surface area (Å²) in [5.41, 5.74) is 1.98. The molecule has 0 unspecified atom stereocenters. The van der Waals surface area contributed by atoms with E-state index in [1.54, 1.807) is 43.4 Å². The third kappa shape index (κ3) is 4.44. The Morgan fingerprint density at radius 2 is 1.94 bits per heavy atom. The number of hydrogen-bond acceptors (Lipinski definition) is 8. The number of ether oxygens (including phenoxy) is 2. The molecule has 3 aromatic rings. The first-order valence-corrected chi connectivity index (χ1v) is 11.2. The van der Waals surface area contributed by atoms with Gasteiger partial charge in [0.25, 0.3) is 0 Å². The van der Waals surface area contributed by atoms with Crippen LogP contribution in [0, 0.1) is 0 Å². The Labute approximate surface area is 195 Å². The minimum absolute atomic E-state index is 0.0775. The topological polar surface area (TPSA) is 125 Å². The van der Waals surface area contributed by atoms with Crippen LogP contribution < -0.4 is 25.5 Å². The van der Waals surface area contributed by atoms with E-state index >= 15 is 0 Å². The van der Waals surface area contributed by atoms with Crippen LogP contribution in [0.15, 0.2) is 47.6 Å². The molecule has 2 heterocycles. The number of anilines is 2. The van der Waals surface area contributed by atoms with E-state index in [0.29, 0.717) is 39.4 Å². The lowest BCUT2D eigenvalue weighted by molar-refractivity contribution is -0.117. The molecule has 3 N–H and O–H groups in total. The molecular formula is C22H24N6O4S. The molecule has 0 spiro atoms. The molecule has 0 aliphatic carbocycles. The van der Waals surface area contributed by atoms with Gasteiger partial charge in [0.1, 0.15) is 0 Å². The number of nitrogens with two attached hydrogens (primary N) is 1. The van der Waals surface area contributed by atoms with Gasteiger partial charge in [-0.1, -0.05) is 23.9 Å². The van der Waals surface area contributed by atoms with Gasteiger partial charge in [-0.2, -0.15) is 0 Å². The van der Waals surface area contributed by atoms with Gasteiger partial charge in [0.05, 0.1) is 31.3 Å². The Hall–Kier alpha value is -3.73. The van der Waals surface area contributed by atoms with Crippen molar-refractivity contribution in [3.63, 3.8) is 0 Å². The zero-order valence-electron chi connectivity index (χ0n) is 18.4. The number of benzene rings is 2. The predicted octanol–water partition coefficient (Wildman–Crippen LogP) is 2.53. The van der Waals surface area contributed by atoms with Crippen LogP contribution in [0.3, 0.4) is 0 Å². The number of nitrogens with zero attached hydrogens (tertiary/aromatic N) is 4. The molecule has 11 heteroatoms. The Balaban J connectivity index is 1.53. The molecule has 172 valence electrons. The number of aromatic nitrogens is 3. The molecule has 10 nitrogen and oxygen atoms in total. The summed E-state index contributed by atoms with van der Waals surface area (Å²) in [6, 6.07) is 12.3. The van der Waals surface area contributed by atoms with E-state index in [4.69, 9.17) is 15.3 Å². The molecule has 1 atom stereocenters. The molecule has 1 aliphatic rings. The first-order chi connectivity index (χ1) is 15.9. The third-order valence-corrected chi connectivity index (χ3v) is 6.19. The lowest BCUT2D eigenvalue weighted by atomic mass is 10.2. The van der Waals surface area contributed by atoms with E-state index in [1.807, 2.05) is 25.1 Å². The second-order valence-electron chi connectivity index (χ2n) is 7.42. The summed E-state index contributed by atoms with van der Waals surface area (Å²) >= 11 is 1.18. The first-order valence-electron chi connectivity index (χ1n) is 10.2. The first kappa shape index (κ1) is 22.5. The number of fused-ring (bicyclic) bond motifs is 1. The molecule has 4 rings (SSSR count). The van der Waals surface area contributed by atoms with Crippen molar-refractivity contribution in [2.24, 2.45) is 0 Å². The van der Waals surface area contributed by atoms with Gasteiger partial charge in [0.15, 0.2) is 17.3 Å². The summed E-state index contributed by atoms with van der Waals surface area (Å²) in [4.78, 5) is 27.0. The second-order valence-corrected chi connectivity index (χ2v) is 8.36. The van der Waals surface area contributed by atoms with Gasteiger partial charge in [0, 0.05) is 18.0 Å². The molecule has 0 fully saturated rings. The van der Waals surface area contributed by atoms with Gasteiger partial charge in [0.2, 0.25) is 17.0 Å². The fourth-order valence-corrected chi connectivity index (χ4v) is 4.43. The van der Waals surface area contributed by atoms with Gasteiger partial charge in [-0.15, -0.1) is 10.2 Å². The molecule has 2 aromatic carbocycles. The molecule has 0 bridgehead atoms. The number of thioether (sulfide) groups is 1. The number of para-hydroxylation sites is 2. The van der Waals surface area contributed by atoms with E-state index in [0.717, 1.165) is 0 Å². The maximum Gasteiger partial charge on any atom is 0.237 e. The van der Waals surface area contributed by atoms with Crippen molar-refractivity contribution in [2.45, 2.75) is 24.5 Å². The Bertz CT molecular complexity index is 1200. The zero-order chi connectivity index (χ0) is 23.5. The van der Waals surface area contributed by atoms with Crippen LogP contribution in [0.2, 0.25) is 0 Å². The van der Waals surface area contributed by atoms with Crippen molar-refractivity contribution in [3.05, 3.63) is 42.5 Å². The quantitative estimate of drug-likeness (QED) is 0.418. The fraction of sp³-hybridized carbons (Fsp3) is 0.273. The van der Waals surface area contributed by atoms with Gasteiger partial charge < -0.3 is 25.5 Å². The Morgan fingerprint density at radius 1 is 1.18 bits per heavy atom. The number of carbonyl (C=O) groups is 2. The van der Waals surface area contributed by atoms with Crippen LogP contribution in [-0.4, -0.2) is 52.7 Å². The van der Waals surface area contributed by atoms with Crippen LogP contribution in [0.25, 0.3) is 11.4 Å². The second kappa shape index (κ2) is 9.41. The highest BCUT2D eigenvalue weighted by molar-refractivity contribution is 7.99.